The van der Waals surface area contributed by atoms with Crippen molar-refractivity contribution in [1.29, 1.82) is 0 Å². The molecule has 0 saturated carbocycles. The third kappa shape index (κ3) is 3.41. The highest BCUT2D eigenvalue weighted by Gasteiger charge is 2.31. The number of amides is 1. The number of halogens is 1. The Morgan fingerprint density at radius 1 is 1.23 bits per heavy atom. The standard InChI is InChI=1S/C24H21FN2O2S/c1-15-22(23(26-29-15)17-6-3-2-4-7-17)24(28)27-11-10-16(14-27)12-18-13-19-20(25)8-5-9-21(19)30-18/h2-9,13,16H,10-12,14H2,1H3/t16-/m0/s1. The van der Waals surface area contributed by atoms with E-state index in [9.17, 15) is 9.18 Å². The largest absolute Gasteiger partial charge is 0.360 e. The van der Waals surface area contributed by atoms with Crippen LogP contribution in [0.1, 0.15) is 27.4 Å². The number of fused-ring (bicyclic) bond motifs is 1. The first kappa shape index (κ1) is 19.0. The molecule has 6 heteroatoms. The summed E-state index contributed by atoms with van der Waals surface area (Å²) in [6.07, 6.45) is 1.80. The zero-order valence-electron chi connectivity index (χ0n) is 16.6. The van der Waals surface area contributed by atoms with E-state index >= 15 is 0 Å². The van der Waals surface area contributed by atoms with Crippen molar-refractivity contribution in [2.24, 2.45) is 5.92 Å². The second kappa shape index (κ2) is 7.69. The molecular weight excluding hydrogens is 399 g/mol. The van der Waals surface area contributed by atoms with Crippen molar-refractivity contribution in [3.8, 4) is 11.3 Å². The number of carbonyl (C=O) groups is 1. The highest BCUT2D eigenvalue weighted by Crippen LogP contribution is 2.33. The molecule has 30 heavy (non-hydrogen) atoms. The Labute approximate surface area is 177 Å². The van der Waals surface area contributed by atoms with E-state index in [0.29, 0.717) is 41.4 Å². The molecule has 0 N–H and O–H groups in total. The summed E-state index contributed by atoms with van der Waals surface area (Å²) in [6, 6.07) is 16.8. The fourth-order valence-electron chi connectivity index (χ4n) is 4.22. The number of thiophene rings is 1. The van der Waals surface area contributed by atoms with Gasteiger partial charge in [-0.3, -0.25) is 4.79 Å². The van der Waals surface area contributed by atoms with Crippen molar-refractivity contribution < 1.29 is 13.7 Å². The normalized spacial score (nSPS) is 16.5. The average molecular weight is 421 g/mol. The average Bonchev–Trinajstić information content (AvgIpc) is 3.47. The maximum Gasteiger partial charge on any atom is 0.259 e. The van der Waals surface area contributed by atoms with Gasteiger partial charge in [0.25, 0.3) is 5.91 Å². The second-order valence-electron chi connectivity index (χ2n) is 7.80. The van der Waals surface area contributed by atoms with Gasteiger partial charge in [-0.15, -0.1) is 11.3 Å². The molecule has 2 aromatic carbocycles. The van der Waals surface area contributed by atoms with E-state index in [0.717, 1.165) is 23.1 Å². The summed E-state index contributed by atoms with van der Waals surface area (Å²) in [6.45, 7) is 3.18. The van der Waals surface area contributed by atoms with Crippen molar-refractivity contribution in [3.05, 3.63) is 76.6 Å². The molecule has 1 aliphatic rings. The van der Waals surface area contributed by atoms with Crippen LogP contribution in [0.3, 0.4) is 0 Å². The van der Waals surface area contributed by atoms with Crippen LogP contribution in [0.25, 0.3) is 21.3 Å². The SMILES string of the molecule is Cc1onc(-c2ccccc2)c1C(=O)N1CC[C@@H](Cc2cc3c(F)cccc3s2)C1. The highest BCUT2D eigenvalue weighted by atomic mass is 32.1. The molecule has 4 aromatic rings. The van der Waals surface area contributed by atoms with Gasteiger partial charge in [0.05, 0.1) is 0 Å². The lowest BCUT2D eigenvalue weighted by atomic mass is 10.0. The van der Waals surface area contributed by atoms with Crippen molar-refractivity contribution in [2.75, 3.05) is 13.1 Å². The van der Waals surface area contributed by atoms with E-state index in [1.807, 2.05) is 47.4 Å². The molecule has 1 aliphatic heterocycles. The molecule has 0 radical (unpaired) electrons. The monoisotopic (exact) mass is 420 g/mol. The third-order valence-electron chi connectivity index (χ3n) is 5.75. The predicted molar refractivity (Wildman–Crippen MR) is 116 cm³/mol. The molecule has 2 aromatic heterocycles. The van der Waals surface area contributed by atoms with Gasteiger partial charge in [0, 0.05) is 33.6 Å². The fourth-order valence-corrected chi connectivity index (χ4v) is 5.41. The van der Waals surface area contributed by atoms with Crippen molar-refractivity contribution in [2.45, 2.75) is 19.8 Å². The third-order valence-corrected chi connectivity index (χ3v) is 6.87. The summed E-state index contributed by atoms with van der Waals surface area (Å²) < 4.78 is 20.3. The zero-order chi connectivity index (χ0) is 20.7. The molecular formula is C24H21FN2O2S. The van der Waals surface area contributed by atoms with Crippen LogP contribution in [0.4, 0.5) is 4.39 Å². The molecule has 1 amide bonds. The number of rotatable bonds is 4. The lowest BCUT2D eigenvalue weighted by Crippen LogP contribution is -2.29. The van der Waals surface area contributed by atoms with Gasteiger partial charge >= 0.3 is 0 Å². The first-order valence-corrected chi connectivity index (χ1v) is 10.9. The molecule has 0 unspecified atom stereocenters. The number of likely N-dealkylation sites (tertiary alicyclic amines) is 1. The molecule has 3 heterocycles. The molecule has 0 aliphatic carbocycles. The van der Waals surface area contributed by atoms with Gasteiger partial charge in [-0.1, -0.05) is 41.6 Å². The van der Waals surface area contributed by atoms with E-state index < -0.39 is 0 Å². The Morgan fingerprint density at radius 2 is 2.07 bits per heavy atom. The maximum absolute atomic E-state index is 14.0. The van der Waals surface area contributed by atoms with Gasteiger partial charge in [-0.25, -0.2) is 4.39 Å². The van der Waals surface area contributed by atoms with Gasteiger partial charge in [0.2, 0.25) is 0 Å². The lowest BCUT2D eigenvalue weighted by molar-refractivity contribution is 0.0786. The number of aryl methyl sites for hydroxylation is 1. The molecule has 0 spiro atoms. The van der Waals surface area contributed by atoms with Gasteiger partial charge in [0.15, 0.2) is 0 Å². The summed E-state index contributed by atoms with van der Waals surface area (Å²) in [7, 11) is 0. The van der Waals surface area contributed by atoms with Crippen molar-refractivity contribution in [3.63, 3.8) is 0 Å². The first-order chi connectivity index (χ1) is 14.6. The molecule has 1 saturated heterocycles. The first-order valence-electron chi connectivity index (χ1n) is 10.1. The van der Waals surface area contributed by atoms with Crippen LogP contribution in [-0.4, -0.2) is 29.1 Å². The van der Waals surface area contributed by atoms with Crippen LogP contribution in [-0.2, 0) is 6.42 Å². The Morgan fingerprint density at radius 3 is 2.87 bits per heavy atom. The summed E-state index contributed by atoms with van der Waals surface area (Å²) in [5, 5.41) is 4.83. The molecule has 152 valence electrons. The molecule has 5 rings (SSSR count). The van der Waals surface area contributed by atoms with Crippen molar-refractivity contribution >= 4 is 27.3 Å². The minimum Gasteiger partial charge on any atom is -0.360 e. The van der Waals surface area contributed by atoms with Crippen LogP contribution >= 0.6 is 11.3 Å². The van der Waals surface area contributed by atoms with Gasteiger partial charge < -0.3 is 9.42 Å². The zero-order valence-corrected chi connectivity index (χ0v) is 17.4. The van der Waals surface area contributed by atoms with Crippen molar-refractivity contribution in [1.82, 2.24) is 10.1 Å². The Balaban J connectivity index is 1.33. The van der Waals surface area contributed by atoms with E-state index in [2.05, 4.69) is 5.16 Å². The number of benzene rings is 2. The Hall–Kier alpha value is -2.99. The quantitative estimate of drug-likeness (QED) is 0.425. The summed E-state index contributed by atoms with van der Waals surface area (Å²) in [5.41, 5.74) is 2.02. The van der Waals surface area contributed by atoms with E-state index in [1.54, 1.807) is 24.3 Å². The second-order valence-corrected chi connectivity index (χ2v) is 8.97. The van der Waals surface area contributed by atoms with Gasteiger partial charge in [-0.2, -0.15) is 0 Å². The van der Waals surface area contributed by atoms with Gasteiger partial charge in [0.1, 0.15) is 22.8 Å². The predicted octanol–water partition coefficient (Wildman–Crippen LogP) is 5.71. The highest BCUT2D eigenvalue weighted by molar-refractivity contribution is 7.19. The number of hydrogen-bond acceptors (Lipinski definition) is 4. The number of nitrogens with zero attached hydrogens (tertiary/aromatic N) is 2. The number of carbonyl (C=O) groups excluding carboxylic acids is 1. The minimum atomic E-state index is -0.172. The molecule has 1 atom stereocenters. The van der Waals surface area contributed by atoms with E-state index in [1.165, 1.54) is 10.9 Å². The smallest absolute Gasteiger partial charge is 0.259 e. The Bertz CT molecular complexity index is 1210. The molecule has 4 nitrogen and oxygen atoms in total. The van der Waals surface area contributed by atoms with E-state index in [-0.39, 0.29) is 11.7 Å². The van der Waals surface area contributed by atoms with Crippen LogP contribution in [0, 0.1) is 18.7 Å². The topological polar surface area (TPSA) is 46.3 Å². The number of hydrogen-bond donors (Lipinski definition) is 0. The summed E-state index contributed by atoms with van der Waals surface area (Å²) >= 11 is 1.64. The maximum atomic E-state index is 14.0. The fraction of sp³-hybridized carbons (Fsp3) is 0.250. The summed E-state index contributed by atoms with van der Waals surface area (Å²) in [5.74, 6) is 0.708. The lowest BCUT2D eigenvalue weighted by Gasteiger charge is -2.16. The molecule has 0 bridgehead atoms. The molecule has 1 fully saturated rings. The van der Waals surface area contributed by atoms with Crippen LogP contribution < -0.4 is 0 Å². The summed E-state index contributed by atoms with van der Waals surface area (Å²) in [4.78, 5) is 16.3. The minimum absolute atomic E-state index is 0.0301. The van der Waals surface area contributed by atoms with Crippen LogP contribution in [0.5, 0.6) is 0 Å². The van der Waals surface area contributed by atoms with Crippen LogP contribution in [0.2, 0.25) is 0 Å². The number of aromatic nitrogens is 1. The van der Waals surface area contributed by atoms with Crippen LogP contribution in [0.15, 0.2) is 59.1 Å². The van der Waals surface area contributed by atoms with E-state index in [4.69, 9.17) is 4.52 Å². The Kier molecular flexibility index (Phi) is 4.87. The van der Waals surface area contributed by atoms with Gasteiger partial charge in [-0.05, 0) is 43.9 Å².